The van der Waals surface area contributed by atoms with E-state index >= 15 is 0 Å². The molecule has 0 radical (unpaired) electrons. The Hall–Kier alpha value is -2.59. The summed E-state index contributed by atoms with van der Waals surface area (Å²) in [5.74, 6) is 1.79. The summed E-state index contributed by atoms with van der Waals surface area (Å²) in [6.45, 7) is 1.95. The molecule has 0 fully saturated rings. The minimum Gasteiger partial charge on any atom is -0.493 e. The molecule has 1 aromatic carbocycles. The van der Waals surface area contributed by atoms with Crippen LogP contribution >= 0.6 is 23.1 Å². The number of thiophene rings is 1. The van der Waals surface area contributed by atoms with Crippen molar-refractivity contribution in [1.29, 1.82) is 0 Å². The quantitative estimate of drug-likeness (QED) is 0.493. The number of aryl methyl sites for hydroxylation is 2. The lowest BCUT2D eigenvalue weighted by Gasteiger charge is -2.29. The standard InChI is InChI=1S/C20H23N5O3S2/c1-27-17-10-14-5-7-24(12-15(14)11-18(17)28-2)19(26)13-30-20-21-22-23-25(20)8-6-16-4-3-9-29-16/h3-4,9-11H,5-8,12-13H2,1-2H3. The number of ether oxygens (including phenoxy) is 2. The molecule has 0 bridgehead atoms. The van der Waals surface area contributed by atoms with E-state index in [0.29, 0.717) is 36.3 Å². The van der Waals surface area contributed by atoms with Gasteiger partial charge in [-0.05, 0) is 51.6 Å². The second-order valence-electron chi connectivity index (χ2n) is 6.84. The first kappa shape index (κ1) is 20.7. The second-order valence-corrected chi connectivity index (χ2v) is 8.82. The Morgan fingerprint density at radius 2 is 2.03 bits per heavy atom. The first-order chi connectivity index (χ1) is 14.7. The van der Waals surface area contributed by atoms with E-state index in [1.165, 1.54) is 22.2 Å². The molecule has 30 heavy (non-hydrogen) atoms. The number of nitrogens with zero attached hydrogens (tertiary/aromatic N) is 5. The van der Waals surface area contributed by atoms with E-state index in [9.17, 15) is 4.79 Å². The van der Waals surface area contributed by atoms with Crippen LogP contribution in [0, 0.1) is 0 Å². The van der Waals surface area contributed by atoms with Crippen molar-refractivity contribution < 1.29 is 14.3 Å². The number of thioether (sulfide) groups is 1. The van der Waals surface area contributed by atoms with Crippen LogP contribution in [0.2, 0.25) is 0 Å². The summed E-state index contributed by atoms with van der Waals surface area (Å²) in [7, 11) is 3.25. The fourth-order valence-electron chi connectivity index (χ4n) is 3.42. The van der Waals surface area contributed by atoms with Crippen molar-refractivity contribution in [2.45, 2.75) is 31.1 Å². The number of hydrogen-bond donors (Lipinski definition) is 0. The number of benzene rings is 1. The Kier molecular flexibility index (Phi) is 6.53. The summed E-state index contributed by atoms with van der Waals surface area (Å²) in [6.07, 6.45) is 1.67. The molecule has 0 saturated carbocycles. The van der Waals surface area contributed by atoms with E-state index in [4.69, 9.17) is 9.47 Å². The number of rotatable bonds is 8. The van der Waals surface area contributed by atoms with E-state index in [1.54, 1.807) is 30.2 Å². The molecular formula is C20H23N5O3S2. The van der Waals surface area contributed by atoms with Crippen LogP contribution in [0.4, 0.5) is 0 Å². The first-order valence-electron chi connectivity index (χ1n) is 9.61. The minimum absolute atomic E-state index is 0.0771. The zero-order valence-corrected chi connectivity index (χ0v) is 18.5. The normalized spacial score (nSPS) is 13.2. The first-order valence-corrected chi connectivity index (χ1v) is 11.5. The molecule has 0 spiro atoms. The van der Waals surface area contributed by atoms with Gasteiger partial charge in [-0.1, -0.05) is 17.8 Å². The number of methoxy groups -OCH3 is 2. The molecule has 10 heteroatoms. The molecule has 0 atom stereocenters. The molecule has 0 aliphatic carbocycles. The molecule has 1 amide bonds. The van der Waals surface area contributed by atoms with Gasteiger partial charge >= 0.3 is 0 Å². The third-order valence-electron chi connectivity index (χ3n) is 5.04. The molecule has 0 N–H and O–H groups in total. The number of tetrazole rings is 1. The predicted octanol–water partition coefficient (Wildman–Crippen LogP) is 2.67. The molecule has 0 saturated heterocycles. The number of amides is 1. The van der Waals surface area contributed by atoms with E-state index in [-0.39, 0.29) is 5.91 Å². The zero-order chi connectivity index (χ0) is 20.9. The molecule has 1 aliphatic rings. The van der Waals surface area contributed by atoms with Crippen LogP contribution in [-0.2, 0) is 30.7 Å². The van der Waals surface area contributed by atoms with Gasteiger partial charge in [-0.2, -0.15) is 0 Å². The number of fused-ring (bicyclic) bond motifs is 1. The molecule has 3 heterocycles. The van der Waals surface area contributed by atoms with Crippen molar-refractivity contribution in [2.24, 2.45) is 0 Å². The van der Waals surface area contributed by atoms with Crippen molar-refractivity contribution in [3.8, 4) is 11.5 Å². The summed E-state index contributed by atoms with van der Waals surface area (Å²) in [4.78, 5) is 16.0. The van der Waals surface area contributed by atoms with E-state index in [2.05, 4.69) is 27.0 Å². The Balaban J connectivity index is 1.35. The summed E-state index contributed by atoms with van der Waals surface area (Å²) in [6, 6.07) is 8.11. The molecule has 3 aromatic rings. The van der Waals surface area contributed by atoms with Crippen LogP contribution in [0.3, 0.4) is 0 Å². The van der Waals surface area contributed by atoms with Gasteiger partial charge in [0, 0.05) is 24.4 Å². The van der Waals surface area contributed by atoms with Crippen LogP contribution in [0.25, 0.3) is 0 Å². The fourth-order valence-corrected chi connectivity index (χ4v) is 4.93. The Morgan fingerprint density at radius 1 is 1.23 bits per heavy atom. The molecular weight excluding hydrogens is 422 g/mol. The Labute approximate surface area is 183 Å². The maximum Gasteiger partial charge on any atom is 0.233 e. The van der Waals surface area contributed by atoms with Crippen molar-refractivity contribution in [1.82, 2.24) is 25.1 Å². The lowest BCUT2D eigenvalue weighted by atomic mass is 9.99. The number of hydrogen-bond acceptors (Lipinski definition) is 8. The van der Waals surface area contributed by atoms with Gasteiger partial charge < -0.3 is 14.4 Å². The topological polar surface area (TPSA) is 82.4 Å². The van der Waals surface area contributed by atoms with Crippen molar-refractivity contribution in [3.05, 3.63) is 45.6 Å². The van der Waals surface area contributed by atoms with Crippen LogP contribution in [-0.4, -0.2) is 57.5 Å². The average molecular weight is 446 g/mol. The molecule has 158 valence electrons. The summed E-state index contributed by atoms with van der Waals surface area (Å²) in [5, 5.41) is 14.6. The summed E-state index contributed by atoms with van der Waals surface area (Å²) in [5.41, 5.74) is 2.29. The second kappa shape index (κ2) is 9.48. The van der Waals surface area contributed by atoms with Gasteiger partial charge in [0.2, 0.25) is 11.1 Å². The molecule has 8 nitrogen and oxygen atoms in total. The van der Waals surface area contributed by atoms with Gasteiger partial charge in [0.05, 0.1) is 26.5 Å². The van der Waals surface area contributed by atoms with Crippen LogP contribution in [0.15, 0.2) is 34.8 Å². The monoisotopic (exact) mass is 445 g/mol. The maximum absolute atomic E-state index is 12.8. The van der Waals surface area contributed by atoms with E-state index < -0.39 is 0 Å². The zero-order valence-electron chi connectivity index (χ0n) is 16.9. The minimum atomic E-state index is 0.0771. The van der Waals surface area contributed by atoms with Gasteiger partial charge in [0.25, 0.3) is 0 Å². The van der Waals surface area contributed by atoms with Gasteiger partial charge in [-0.25, -0.2) is 4.68 Å². The summed E-state index contributed by atoms with van der Waals surface area (Å²) < 4.78 is 12.5. The van der Waals surface area contributed by atoms with Crippen molar-refractivity contribution in [3.63, 3.8) is 0 Å². The summed E-state index contributed by atoms with van der Waals surface area (Å²) >= 11 is 3.10. The SMILES string of the molecule is COc1cc2c(cc1OC)CN(C(=O)CSc1nnnn1CCc1cccs1)CC2. The Bertz CT molecular complexity index is 1010. The lowest BCUT2D eigenvalue weighted by Crippen LogP contribution is -2.37. The van der Waals surface area contributed by atoms with Crippen LogP contribution < -0.4 is 9.47 Å². The predicted molar refractivity (Wildman–Crippen MR) is 115 cm³/mol. The number of carbonyl (C=O) groups is 1. The third-order valence-corrected chi connectivity index (χ3v) is 6.92. The third kappa shape index (κ3) is 4.59. The smallest absolute Gasteiger partial charge is 0.233 e. The Morgan fingerprint density at radius 3 is 2.77 bits per heavy atom. The lowest BCUT2D eigenvalue weighted by molar-refractivity contribution is -0.129. The van der Waals surface area contributed by atoms with Crippen LogP contribution in [0.1, 0.15) is 16.0 Å². The maximum atomic E-state index is 12.8. The highest BCUT2D eigenvalue weighted by atomic mass is 32.2. The highest BCUT2D eigenvalue weighted by Gasteiger charge is 2.23. The molecule has 1 aliphatic heterocycles. The number of carbonyl (C=O) groups excluding carboxylic acids is 1. The van der Waals surface area contributed by atoms with Crippen molar-refractivity contribution >= 4 is 29.0 Å². The molecule has 2 aromatic heterocycles. The van der Waals surface area contributed by atoms with Gasteiger partial charge in [-0.15, -0.1) is 16.4 Å². The van der Waals surface area contributed by atoms with Gasteiger partial charge in [0.1, 0.15) is 0 Å². The van der Waals surface area contributed by atoms with Gasteiger partial charge in [-0.3, -0.25) is 4.79 Å². The largest absolute Gasteiger partial charge is 0.493 e. The average Bonchev–Trinajstić information content (AvgIpc) is 3.46. The fraction of sp³-hybridized carbons (Fsp3) is 0.400. The van der Waals surface area contributed by atoms with Gasteiger partial charge in [0.15, 0.2) is 11.5 Å². The van der Waals surface area contributed by atoms with Crippen LogP contribution in [0.5, 0.6) is 11.5 Å². The highest BCUT2D eigenvalue weighted by molar-refractivity contribution is 7.99. The molecule has 0 unspecified atom stereocenters. The number of aromatic nitrogens is 4. The van der Waals surface area contributed by atoms with E-state index in [1.807, 2.05) is 23.1 Å². The van der Waals surface area contributed by atoms with Crippen molar-refractivity contribution in [2.75, 3.05) is 26.5 Å². The molecule has 4 rings (SSSR count). The highest BCUT2D eigenvalue weighted by Crippen LogP contribution is 2.33. The van der Waals surface area contributed by atoms with E-state index in [0.717, 1.165) is 24.2 Å².